The Bertz CT molecular complexity index is 490. The molecule has 1 spiro atoms. The third kappa shape index (κ3) is 2.48. The van der Waals surface area contributed by atoms with Crippen molar-refractivity contribution >= 4 is 5.91 Å². The Morgan fingerprint density at radius 3 is 2.70 bits per heavy atom. The SMILES string of the molecule is COc1cc(C(=O)N2CCC3(CC2)OCCO3)ccn1. The number of nitrogens with zero attached hydrogens (tertiary/aromatic N) is 2. The zero-order valence-corrected chi connectivity index (χ0v) is 11.5. The lowest BCUT2D eigenvalue weighted by atomic mass is 10.0. The fourth-order valence-corrected chi connectivity index (χ4v) is 2.67. The van der Waals surface area contributed by atoms with E-state index in [1.807, 2.05) is 4.90 Å². The second-order valence-corrected chi connectivity index (χ2v) is 4.99. The molecule has 3 heterocycles. The highest BCUT2D eigenvalue weighted by Crippen LogP contribution is 2.31. The molecule has 0 bridgehead atoms. The summed E-state index contributed by atoms with van der Waals surface area (Å²) in [4.78, 5) is 18.3. The second-order valence-electron chi connectivity index (χ2n) is 4.99. The van der Waals surface area contributed by atoms with Gasteiger partial charge in [-0.05, 0) is 6.07 Å². The van der Waals surface area contributed by atoms with Crippen molar-refractivity contribution in [2.45, 2.75) is 18.6 Å². The van der Waals surface area contributed by atoms with E-state index in [1.165, 1.54) is 7.11 Å². The Labute approximate surface area is 117 Å². The molecule has 3 rings (SSSR count). The van der Waals surface area contributed by atoms with Crippen molar-refractivity contribution in [1.82, 2.24) is 9.88 Å². The minimum Gasteiger partial charge on any atom is -0.481 e. The van der Waals surface area contributed by atoms with E-state index in [-0.39, 0.29) is 5.91 Å². The minimum atomic E-state index is -0.452. The lowest BCUT2D eigenvalue weighted by Gasteiger charge is -2.37. The number of piperidine rings is 1. The Kier molecular flexibility index (Phi) is 3.58. The van der Waals surface area contributed by atoms with Crippen LogP contribution in [0.2, 0.25) is 0 Å². The molecule has 0 radical (unpaired) electrons. The van der Waals surface area contributed by atoms with Gasteiger partial charge in [-0.1, -0.05) is 0 Å². The van der Waals surface area contributed by atoms with E-state index in [0.29, 0.717) is 37.7 Å². The first kappa shape index (κ1) is 13.3. The molecule has 0 saturated carbocycles. The predicted molar refractivity (Wildman–Crippen MR) is 70.6 cm³/mol. The summed E-state index contributed by atoms with van der Waals surface area (Å²) in [6, 6.07) is 3.37. The van der Waals surface area contributed by atoms with Crippen molar-refractivity contribution in [3.05, 3.63) is 23.9 Å². The summed E-state index contributed by atoms with van der Waals surface area (Å²) in [6.07, 6.45) is 3.03. The van der Waals surface area contributed by atoms with Crippen molar-refractivity contribution < 1.29 is 19.0 Å². The van der Waals surface area contributed by atoms with Gasteiger partial charge in [-0.15, -0.1) is 0 Å². The fourth-order valence-electron chi connectivity index (χ4n) is 2.67. The van der Waals surface area contributed by atoms with Gasteiger partial charge in [0.2, 0.25) is 5.88 Å². The van der Waals surface area contributed by atoms with Crippen LogP contribution >= 0.6 is 0 Å². The van der Waals surface area contributed by atoms with Gasteiger partial charge < -0.3 is 19.1 Å². The first-order valence-corrected chi connectivity index (χ1v) is 6.80. The van der Waals surface area contributed by atoms with Crippen LogP contribution in [-0.2, 0) is 9.47 Å². The summed E-state index contributed by atoms with van der Waals surface area (Å²) < 4.78 is 16.4. The zero-order valence-electron chi connectivity index (χ0n) is 11.5. The van der Waals surface area contributed by atoms with Crippen LogP contribution in [0.4, 0.5) is 0 Å². The molecular formula is C14H18N2O4. The summed E-state index contributed by atoms with van der Waals surface area (Å²) in [5, 5.41) is 0. The zero-order chi connectivity index (χ0) is 14.0. The van der Waals surface area contributed by atoms with E-state index in [1.54, 1.807) is 18.3 Å². The van der Waals surface area contributed by atoms with Crippen molar-refractivity contribution in [3.63, 3.8) is 0 Å². The molecule has 20 heavy (non-hydrogen) atoms. The van der Waals surface area contributed by atoms with Gasteiger partial charge in [0.1, 0.15) is 0 Å². The van der Waals surface area contributed by atoms with E-state index in [2.05, 4.69) is 4.98 Å². The number of carbonyl (C=O) groups is 1. The molecule has 2 fully saturated rings. The van der Waals surface area contributed by atoms with E-state index < -0.39 is 5.79 Å². The maximum Gasteiger partial charge on any atom is 0.254 e. The molecule has 0 aromatic carbocycles. The van der Waals surface area contributed by atoms with Gasteiger partial charge in [0.05, 0.1) is 20.3 Å². The van der Waals surface area contributed by atoms with Crippen molar-refractivity contribution in [2.24, 2.45) is 0 Å². The molecule has 1 amide bonds. The molecule has 6 nitrogen and oxygen atoms in total. The standard InChI is InChI=1S/C14H18N2O4/c1-18-12-10-11(2-5-15-12)13(17)16-6-3-14(4-7-16)19-8-9-20-14/h2,5,10H,3-4,6-9H2,1H3. The van der Waals surface area contributed by atoms with Crippen LogP contribution in [0.15, 0.2) is 18.3 Å². The third-order valence-electron chi connectivity index (χ3n) is 3.82. The van der Waals surface area contributed by atoms with Gasteiger partial charge in [0, 0.05) is 43.8 Å². The number of carbonyl (C=O) groups excluding carboxylic acids is 1. The van der Waals surface area contributed by atoms with Gasteiger partial charge in [-0.2, -0.15) is 0 Å². The first-order chi connectivity index (χ1) is 9.72. The molecule has 0 aliphatic carbocycles. The number of aromatic nitrogens is 1. The Hall–Kier alpha value is -1.66. The van der Waals surface area contributed by atoms with E-state index in [9.17, 15) is 4.79 Å². The quantitative estimate of drug-likeness (QED) is 0.810. The van der Waals surface area contributed by atoms with Crippen molar-refractivity contribution in [1.29, 1.82) is 0 Å². The van der Waals surface area contributed by atoms with Crippen LogP contribution < -0.4 is 4.74 Å². The summed E-state index contributed by atoms with van der Waals surface area (Å²) in [5.74, 6) is -0.00229. The number of amides is 1. The molecule has 0 unspecified atom stereocenters. The van der Waals surface area contributed by atoms with Crippen LogP contribution in [0.3, 0.4) is 0 Å². The van der Waals surface area contributed by atoms with Gasteiger partial charge in [-0.3, -0.25) is 4.79 Å². The monoisotopic (exact) mass is 278 g/mol. The fraction of sp³-hybridized carbons (Fsp3) is 0.571. The highest BCUT2D eigenvalue weighted by atomic mass is 16.7. The Balaban J connectivity index is 1.66. The number of hydrogen-bond acceptors (Lipinski definition) is 5. The molecule has 0 N–H and O–H groups in total. The predicted octanol–water partition coefficient (Wildman–Crippen LogP) is 1.07. The number of pyridine rings is 1. The van der Waals surface area contributed by atoms with Gasteiger partial charge in [0.25, 0.3) is 5.91 Å². The smallest absolute Gasteiger partial charge is 0.254 e. The molecular weight excluding hydrogens is 260 g/mol. The molecule has 2 saturated heterocycles. The molecule has 6 heteroatoms. The van der Waals surface area contributed by atoms with E-state index in [0.717, 1.165) is 12.8 Å². The van der Waals surface area contributed by atoms with Crippen LogP contribution in [0.1, 0.15) is 23.2 Å². The van der Waals surface area contributed by atoms with Crippen molar-refractivity contribution in [2.75, 3.05) is 33.4 Å². The first-order valence-electron chi connectivity index (χ1n) is 6.80. The van der Waals surface area contributed by atoms with Gasteiger partial charge >= 0.3 is 0 Å². The Morgan fingerprint density at radius 1 is 1.35 bits per heavy atom. The number of likely N-dealkylation sites (tertiary alicyclic amines) is 1. The van der Waals surface area contributed by atoms with E-state index in [4.69, 9.17) is 14.2 Å². The maximum atomic E-state index is 12.4. The third-order valence-corrected chi connectivity index (χ3v) is 3.82. The van der Waals surface area contributed by atoms with Gasteiger partial charge in [0.15, 0.2) is 5.79 Å². The van der Waals surface area contributed by atoms with Crippen molar-refractivity contribution in [3.8, 4) is 5.88 Å². The summed E-state index contributed by atoms with van der Waals surface area (Å²) in [7, 11) is 1.54. The minimum absolute atomic E-state index is 0.00135. The summed E-state index contributed by atoms with van der Waals surface area (Å²) in [5.41, 5.74) is 0.598. The van der Waals surface area contributed by atoms with Crippen LogP contribution in [-0.4, -0.2) is 55.0 Å². The molecule has 0 atom stereocenters. The normalized spacial score (nSPS) is 21.1. The largest absolute Gasteiger partial charge is 0.481 e. The average Bonchev–Trinajstić information content (AvgIpc) is 2.96. The van der Waals surface area contributed by atoms with Crippen LogP contribution in [0.5, 0.6) is 5.88 Å². The van der Waals surface area contributed by atoms with Gasteiger partial charge in [-0.25, -0.2) is 4.98 Å². The van der Waals surface area contributed by atoms with Crippen LogP contribution in [0, 0.1) is 0 Å². The second kappa shape index (κ2) is 5.38. The lowest BCUT2D eigenvalue weighted by Crippen LogP contribution is -2.47. The maximum absolute atomic E-state index is 12.4. The molecule has 108 valence electrons. The number of ether oxygens (including phenoxy) is 3. The number of rotatable bonds is 2. The topological polar surface area (TPSA) is 60.9 Å². The lowest BCUT2D eigenvalue weighted by molar-refractivity contribution is -0.181. The van der Waals surface area contributed by atoms with Crippen LogP contribution in [0.25, 0.3) is 0 Å². The van der Waals surface area contributed by atoms with E-state index >= 15 is 0 Å². The molecule has 2 aliphatic rings. The molecule has 1 aromatic rings. The molecule has 2 aliphatic heterocycles. The average molecular weight is 278 g/mol. The molecule has 1 aromatic heterocycles. The summed E-state index contributed by atoms with van der Waals surface area (Å²) in [6.45, 7) is 2.58. The summed E-state index contributed by atoms with van der Waals surface area (Å²) >= 11 is 0. The highest BCUT2D eigenvalue weighted by Gasteiger charge is 2.40. The highest BCUT2D eigenvalue weighted by molar-refractivity contribution is 5.94. The Morgan fingerprint density at radius 2 is 2.05 bits per heavy atom. The number of hydrogen-bond donors (Lipinski definition) is 0. The number of methoxy groups -OCH3 is 1.